The number of nitrogens with one attached hydrogen (secondary N) is 1. The van der Waals surface area contributed by atoms with Crippen LogP contribution in [0, 0.1) is 11.6 Å². The van der Waals surface area contributed by atoms with E-state index in [2.05, 4.69) is 10.4 Å². The fourth-order valence-electron chi connectivity index (χ4n) is 2.62. The first-order valence-corrected chi connectivity index (χ1v) is 8.64. The van der Waals surface area contributed by atoms with Gasteiger partial charge in [-0.25, -0.2) is 13.5 Å². The highest BCUT2D eigenvalue weighted by Crippen LogP contribution is 2.18. The van der Waals surface area contributed by atoms with Crippen LogP contribution in [-0.2, 0) is 4.79 Å². The maximum atomic E-state index is 13.7. The number of rotatable bonds is 6. The smallest absolute Gasteiger partial charge is 0.274 e. The Bertz CT molecular complexity index is 969. The molecule has 0 saturated carbocycles. The van der Waals surface area contributed by atoms with Crippen molar-refractivity contribution in [3.8, 4) is 5.69 Å². The average molecular weight is 384 g/mol. The number of anilines is 1. The second-order valence-corrected chi connectivity index (χ2v) is 5.95. The Morgan fingerprint density at radius 1 is 1.04 bits per heavy atom. The molecule has 3 aromatic rings. The third-order valence-electron chi connectivity index (χ3n) is 4.06. The van der Waals surface area contributed by atoms with Crippen LogP contribution < -0.4 is 5.32 Å². The van der Waals surface area contributed by atoms with Crippen LogP contribution >= 0.6 is 0 Å². The summed E-state index contributed by atoms with van der Waals surface area (Å²) in [4.78, 5) is 26.1. The molecule has 0 aliphatic carbocycles. The third kappa shape index (κ3) is 4.22. The normalized spacial score (nSPS) is 10.5. The van der Waals surface area contributed by atoms with E-state index in [-0.39, 0.29) is 18.8 Å². The summed E-state index contributed by atoms with van der Waals surface area (Å²) in [5.41, 5.74) is 0.414. The molecule has 1 aromatic heterocycles. The highest BCUT2D eigenvalue weighted by atomic mass is 19.1. The van der Waals surface area contributed by atoms with E-state index in [1.54, 1.807) is 23.9 Å². The van der Waals surface area contributed by atoms with Crippen molar-refractivity contribution in [1.29, 1.82) is 0 Å². The molecule has 0 fully saturated rings. The first-order chi connectivity index (χ1) is 13.5. The topological polar surface area (TPSA) is 67.2 Å². The molecule has 144 valence electrons. The number of carbonyl (C=O) groups excluding carboxylic acids is 2. The molecule has 0 radical (unpaired) electrons. The van der Waals surface area contributed by atoms with Crippen molar-refractivity contribution < 1.29 is 18.4 Å². The highest BCUT2D eigenvalue weighted by molar-refractivity contribution is 5.98. The fourth-order valence-corrected chi connectivity index (χ4v) is 2.62. The van der Waals surface area contributed by atoms with Gasteiger partial charge in [0.25, 0.3) is 5.91 Å². The van der Waals surface area contributed by atoms with E-state index < -0.39 is 29.1 Å². The lowest BCUT2D eigenvalue weighted by Crippen LogP contribution is -2.38. The van der Waals surface area contributed by atoms with Crippen LogP contribution in [0.5, 0.6) is 0 Å². The minimum absolute atomic E-state index is 0.163. The largest absolute Gasteiger partial charge is 0.328 e. The van der Waals surface area contributed by atoms with Gasteiger partial charge in [0, 0.05) is 12.7 Å². The standard InChI is InChI=1S/C20H18F2N4O2/c1-2-25(13-18(27)23-19-15(21)9-6-10-16(19)22)20(28)17-11-12-26(24-17)14-7-4-3-5-8-14/h3-12H,2,13H2,1H3,(H,23,27). The Morgan fingerprint density at radius 3 is 2.36 bits per heavy atom. The molecule has 2 aromatic carbocycles. The Hall–Kier alpha value is -3.55. The lowest BCUT2D eigenvalue weighted by atomic mass is 10.3. The molecule has 1 heterocycles. The molecule has 28 heavy (non-hydrogen) atoms. The molecular formula is C20H18F2N4O2. The Labute approximate surface area is 160 Å². The molecule has 2 amide bonds. The predicted octanol–water partition coefficient (Wildman–Crippen LogP) is 3.25. The molecule has 0 aliphatic rings. The van der Waals surface area contributed by atoms with Gasteiger partial charge < -0.3 is 10.2 Å². The number of halogens is 2. The first kappa shape index (κ1) is 19.2. The van der Waals surface area contributed by atoms with Gasteiger partial charge in [-0.2, -0.15) is 5.10 Å². The number of likely N-dealkylation sites (N-methyl/N-ethyl adjacent to an activating group) is 1. The zero-order valence-corrected chi connectivity index (χ0v) is 15.1. The van der Waals surface area contributed by atoms with Crippen molar-refractivity contribution in [3.05, 3.63) is 78.1 Å². The zero-order chi connectivity index (χ0) is 20.1. The molecule has 0 atom stereocenters. The first-order valence-electron chi connectivity index (χ1n) is 8.64. The molecule has 0 bridgehead atoms. The van der Waals surface area contributed by atoms with Crippen LogP contribution in [0.25, 0.3) is 5.69 Å². The molecule has 6 nitrogen and oxygen atoms in total. The van der Waals surface area contributed by atoms with Crippen LogP contribution in [0.2, 0.25) is 0 Å². The van der Waals surface area contributed by atoms with Gasteiger partial charge in [-0.1, -0.05) is 24.3 Å². The minimum Gasteiger partial charge on any atom is -0.328 e. The summed E-state index contributed by atoms with van der Waals surface area (Å²) in [6.07, 6.45) is 1.64. The second-order valence-electron chi connectivity index (χ2n) is 5.95. The third-order valence-corrected chi connectivity index (χ3v) is 4.06. The maximum absolute atomic E-state index is 13.7. The molecule has 1 N–H and O–H groups in total. The molecular weight excluding hydrogens is 366 g/mol. The van der Waals surface area contributed by atoms with E-state index >= 15 is 0 Å². The van der Waals surface area contributed by atoms with E-state index in [9.17, 15) is 18.4 Å². The maximum Gasteiger partial charge on any atom is 0.274 e. The van der Waals surface area contributed by atoms with Crippen molar-refractivity contribution in [3.63, 3.8) is 0 Å². The van der Waals surface area contributed by atoms with E-state index in [4.69, 9.17) is 0 Å². The highest BCUT2D eigenvalue weighted by Gasteiger charge is 2.21. The zero-order valence-electron chi connectivity index (χ0n) is 15.1. The summed E-state index contributed by atoms with van der Waals surface area (Å²) in [5, 5.41) is 6.41. The Kier molecular flexibility index (Phi) is 5.78. The molecule has 8 heteroatoms. The van der Waals surface area contributed by atoms with Gasteiger partial charge in [0.2, 0.25) is 5.91 Å². The lowest BCUT2D eigenvalue weighted by Gasteiger charge is -2.19. The van der Waals surface area contributed by atoms with Crippen molar-refractivity contribution in [1.82, 2.24) is 14.7 Å². The van der Waals surface area contributed by atoms with Crippen LogP contribution in [0.4, 0.5) is 14.5 Å². The van der Waals surface area contributed by atoms with E-state index in [1.807, 2.05) is 30.3 Å². The summed E-state index contributed by atoms with van der Waals surface area (Å²) < 4.78 is 28.9. The van der Waals surface area contributed by atoms with Crippen molar-refractivity contribution in [2.45, 2.75) is 6.92 Å². The van der Waals surface area contributed by atoms with Gasteiger partial charge in [0.15, 0.2) is 5.69 Å². The fraction of sp³-hybridized carbons (Fsp3) is 0.150. The van der Waals surface area contributed by atoms with Gasteiger partial charge in [-0.15, -0.1) is 0 Å². The van der Waals surface area contributed by atoms with E-state index in [0.717, 1.165) is 17.8 Å². The van der Waals surface area contributed by atoms with Gasteiger partial charge in [0.05, 0.1) is 5.69 Å². The van der Waals surface area contributed by atoms with Crippen LogP contribution in [0.15, 0.2) is 60.8 Å². The quantitative estimate of drug-likeness (QED) is 0.709. The van der Waals surface area contributed by atoms with Crippen LogP contribution in [0.3, 0.4) is 0 Å². The van der Waals surface area contributed by atoms with Crippen molar-refractivity contribution >= 4 is 17.5 Å². The molecule has 3 rings (SSSR count). The second kappa shape index (κ2) is 8.43. The molecule has 0 spiro atoms. The number of aromatic nitrogens is 2. The van der Waals surface area contributed by atoms with E-state index in [0.29, 0.717) is 0 Å². The number of hydrogen-bond donors (Lipinski definition) is 1. The summed E-state index contributed by atoms with van der Waals surface area (Å²) in [7, 11) is 0. The number of nitrogens with zero attached hydrogens (tertiary/aromatic N) is 3. The van der Waals surface area contributed by atoms with Gasteiger partial charge in [0.1, 0.15) is 23.9 Å². The number of benzene rings is 2. The number of carbonyl (C=O) groups is 2. The SMILES string of the molecule is CCN(CC(=O)Nc1c(F)cccc1F)C(=O)c1ccn(-c2ccccc2)n1. The molecule has 0 unspecified atom stereocenters. The summed E-state index contributed by atoms with van der Waals surface area (Å²) in [6.45, 7) is 1.56. The molecule has 0 saturated heterocycles. The Morgan fingerprint density at radius 2 is 1.71 bits per heavy atom. The van der Waals surface area contributed by atoms with Crippen molar-refractivity contribution in [2.24, 2.45) is 0 Å². The summed E-state index contributed by atoms with van der Waals surface area (Å²) >= 11 is 0. The predicted molar refractivity (Wildman–Crippen MR) is 100 cm³/mol. The van der Waals surface area contributed by atoms with E-state index in [1.165, 1.54) is 11.0 Å². The minimum atomic E-state index is -0.885. The van der Waals surface area contributed by atoms with Crippen LogP contribution in [-0.4, -0.2) is 39.6 Å². The lowest BCUT2D eigenvalue weighted by molar-refractivity contribution is -0.116. The van der Waals surface area contributed by atoms with Gasteiger partial charge in [-0.3, -0.25) is 9.59 Å². The van der Waals surface area contributed by atoms with Gasteiger partial charge >= 0.3 is 0 Å². The monoisotopic (exact) mass is 384 g/mol. The summed E-state index contributed by atoms with van der Waals surface area (Å²) in [5.74, 6) is -2.93. The van der Waals surface area contributed by atoms with Crippen LogP contribution in [0.1, 0.15) is 17.4 Å². The number of amides is 2. The Balaban J connectivity index is 1.70. The van der Waals surface area contributed by atoms with Gasteiger partial charge in [-0.05, 0) is 37.3 Å². The number of hydrogen-bond acceptors (Lipinski definition) is 3. The summed E-state index contributed by atoms with van der Waals surface area (Å²) in [6, 6.07) is 14.1. The number of para-hydroxylation sites is 2. The molecule has 0 aliphatic heterocycles. The van der Waals surface area contributed by atoms with Crippen molar-refractivity contribution in [2.75, 3.05) is 18.4 Å². The average Bonchev–Trinajstić information content (AvgIpc) is 3.19.